The summed E-state index contributed by atoms with van der Waals surface area (Å²) in [7, 11) is 0. The summed E-state index contributed by atoms with van der Waals surface area (Å²) in [4.78, 5) is 10.7. The normalized spacial score (nSPS) is 11.6. The van der Waals surface area contributed by atoms with Crippen LogP contribution in [0.25, 0.3) is 28.0 Å². The average Bonchev–Trinajstić information content (AvgIpc) is 2.76. The molecule has 19 heavy (non-hydrogen) atoms. The molecule has 3 heteroatoms. The second-order valence-corrected chi connectivity index (χ2v) is 4.43. The van der Waals surface area contributed by atoms with E-state index in [-0.39, 0.29) is 12.3 Å². The lowest BCUT2D eigenvalue weighted by molar-refractivity contribution is -0.117. The van der Waals surface area contributed by atoms with Gasteiger partial charge in [-0.25, -0.2) is 0 Å². The van der Waals surface area contributed by atoms with Gasteiger partial charge in [0.2, 0.25) is 5.91 Å². The Labute approximate surface area is 110 Å². The van der Waals surface area contributed by atoms with Crippen molar-refractivity contribution in [1.82, 2.24) is 0 Å². The van der Waals surface area contributed by atoms with E-state index in [1.807, 2.05) is 42.5 Å². The number of carbonyl (C=O) groups excluding carboxylic acids is 1. The Morgan fingerprint density at radius 3 is 2.74 bits per heavy atom. The third kappa shape index (κ3) is 2.22. The fourth-order valence-electron chi connectivity index (χ4n) is 2.16. The van der Waals surface area contributed by atoms with Gasteiger partial charge < -0.3 is 10.2 Å². The van der Waals surface area contributed by atoms with Crippen molar-refractivity contribution in [3.8, 4) is 0 Å². The predicted octanol–water partition coefficient (Wildman–Crippen LogP) is 3.47. The number of nitrogens with two attached hydrogens (primary N) is 1. The number of primary amides is 1. The smallest absolute Gasteiger partial charge is 0.221 e. The number of hydrogen-bond donors (Lipinski definition) is 1. The minimum Gasteiger partial charge on any atom is -0.456 e. The topological polar surface area (TPSA) is 56.2 Å². The van der Waals surface area contributed by atoms with Crippen LogP contribution in [-0.4, -0.2) is 5.91 Å². The number of carbonyl (C=O) groups is 1. The fourth-order valence-corrected chi connectivity index (χ4v) is 2.16. The predicted molar refractivity (Wildman–Crippen MR) is 76.6 cm³/mol. The molecule has 0 spiro atoms. The molecular weight excluding hydrogens is 238 g/mol. The standard InChI is InChI=1S/C16H13NO2/c17-16(18)7-3-4-11-8-9-15-13(10-11)12-5-1-2-6-14(12)19-15/h1-6,8-10H,7H2,(H2,17,18). The molecular formula is C16H13NO2. The van der Waals surface area contributed by atoms with Crippen molar-refractivity contribution < 1.29 is 9.21 Å². The monoisotopic (exact) mass is 251 g/mol. The van der Waals surface area contributed by atoms with Crippen molar-refractivity contribution in [2.45, 2.75) is 6.42 Å². The van der Waals surface area contributed by atoms with Crippen molar-refractivity contribution in [3.05, 3.63) is 54.1 Å². The molecule has 0 bridgehead atoms. The zero-order valence-corrected chi connectivity index (χ0v) is 10.3. The minimum absolute atomic E-state index is 0.254. The first kappa shape index (κ1) is 11.5. The number of hydrogen-bond acceptors (Lipinski definition) is 2. The first-order valence-electron chi connectivity index (χ1n) is 6.10. The van der Waals surface area contributed by atoms with Gasteiger partial charge in [0.05, 0.1) is 0 Å². The summed E-state index contributed by atoms with van der Waals surface area (Å²) in [5.41, 5.74) is 7.88. The highest BCUT2D eigenvalue weighted by atomic mass is 16.3. The molecule has 1 amide bonds. The number of benzene rings is 2. The van der Waals surface area contributed by atoms with E-state index in [4.69, 9.17) is 10.2 Å². The summed E-state index contributed by atoms with van der Waals surface area (Å²) in [5, 5.41) is 2.18. The lowest BCUT2D eigenvalue weighted by Crippen LogP contribution is -2.07. The second-order valence-electron chi connectivity index (χ2n) is 4.43. The highest BCUT2D eigenvalue weighted by Gasteiger charge is 2.05. The molecule has 0 unspecified atom stereocenters. The van der Waals surface area contributed by atoms with E-state index < -0.39 is 0 Å². The SMILES string of the molecule is NC(=O)CC=Cc1ccc2oc3ccccc3c2c1. The molecule has 0 aliphatic heterocycles. The maximum atomic E-state index is 10.7. The van der Waals surface area contributed by atoms with Crippen molar-refractivity contribution >= 4 is 33.9 Å². The van der Waals surface area contributed by atoms with Crippen LogP contribution in [0.2, 0.25) is 0 Å². The first-order valence-corrected chi connectivity index (χ1v) is 6.10. The van der Waals surface area contributed by atoms with Crippen molar-refractivity contribution in [1.29, 1.82) is 0 Å². The largest absolute Gasteiger partial charge is 0.456 e. The maximum Gasteiger partial charge on any atom is 0.221 e. The first-order chi connectivity index (χ1) is 9.24. The summed E-state index contributed by atoms with van der Waals surface area (Å²) in [5.74, 6) is -0.328. The molecule has 0 radical (unpaired) electrons. The van der Waals surface area contributed by atoms with Gasteiger partial charge >= 0.3 is 0 Å². The molecule has 94 valence electrons. The van der Waals surface area contributed by atoms with E-state index in [1.165, 1.54) is 0 Å². The van der Waals surface area contributed by atoms with Crippen LogP contribution in [0, 0.1) is 0 Å². The van der Waals surface area contributed by atoms with E-state index >= 15 is 0 Å². The zero-order chi connectivity index (χ0) is 13.2. The van der Waals surface area contributed by atoms with Gasteiger partial charge in [-0.3, -0.25) is 4.79 Å². The van der Waals surface area contributed by atoms with Gasteiger partial charge in [0.1, 0.15) is 11.2 Å². The average molecular weight is 251 g/mol. The Bertz CT molecular complexity index is 784. The molecule has 0 aliphatic rings. The van der Waals surface area contributed by atoms with Crippen LogP contribution < -0.4 is 5.73 Å². The van der Waals surface area contributed by atoms with Gasteiger partial charge in [-0.1, -0.05) is 36.4 Å². The Morgan fingerprint density at radius 1 is 1.11 bits per heavy atom. The highest BCUT2D eigenvalue weighted by Crippen LogP contribution is 2.29. The molecule has 2 aromatic carbocycles. The van der Waals surface area contributed by atoms with Crippen LogP contribution in [0.5, 0.6) is 0 Å². The molecule has 3 aromatic rings. The van der Waals surface area contributed by atoms with Crippen molar-refractivity contribution in [3.63, 3.8) is 0 Å². The summed E-state index contributed by atoms with van der Waals surface area (Å²) in [6.07, 6.45) is 3.92. The van der Waals surface area contributed by atoms with Gasteiger partial charge in [0, 0.05) is 17.2 Å². The quantitative estimate of drug-likeness (QED) is 0.774. The zero-order valence-electron chi connectivity index (χ0n) is 10.3. The Balaban J connectivity index is 2.06. The van der Waals surface area contributed by atoms with E-state index in [2.05, 4.69) is 6.07 Å². The molecule has 1 aromatic heterocycles. The van der Waals surface area contributed by atoms with E-state index in [0.717, 1.165) is 27.5 Å². The summed E-state index contributed by atoms with van der Waals surface area (Å²) in [6.45, 7) is 0. The van der Waals surface area contributed by atoms with Crippen LogP contribution in [0.4, 0.5) is 0 Å². The molecule has 3 rings (SSSR count). The summed E-state index contributed by atoms with van der Waals surface area (Å²) < 4.78 is 5.75. The Kier molecular flexibility index (Phi) is 2.80. The molecule has 0 fully saturated rings. The number of furan rings is 1. The summed E-state index contributed by atoms with van der Waals surface area (Å²) >= 11 is 0. The number of fused-ring (bicyclic) bond motifs is 3. The lowest BCUT2D eigenvalue weighted by Gasteiger charge is -1.94. The molecule has 1 heterocycles. The van der Waals surface area contributed by atoms with E-state index in [1.54, 1.807) is 6.08 Å². The fraction of sp³-hybridized carbons (Fsp3) is 0.0625. The molecule has 0 aliphatic carbocycles. The molecule has 0 atom stereocenters. The van der Waals surface area contributed by atoms with Crippen molar-refractivity contribution in [2.75, 3.05) is 0 Å². The third-order valence-corrected chi connectivity index (χ3v) is 3.03. The van der Waals surface area contributed by atoms with E-state index in [0.29, 0.717) is 0 Å². The van der Waals surface area contributed by atoms with Crippen LogP contribution >= 0.6 is 0 Å². The van der Waals surface area contributed by atoms with Gasteiger partial charge in [0.15, 0.2) is 0 Å². The highest BCUT2D eigenvalue weighted by molar-refractivity contribution is 6.05. The lowest BCUT2D eigenvalue weighted by atomic mass is 10.1. The van der Waals surface area contributed by atoms with Crippen LogP contribution in [-0.2, 0) is 4.79 Å². The third-order valence-electron chi connectivity index (χ3n) is 3.03. The molecule has 0 saturated heterocycles. The van der Waals surface area contributed by atoms with Gasteiger partial charge in [-0.15, -0.1) is 0 Å². The molecule has 3 nitrogen and oxygen atoms in total. The Hall–Kier alpha value is -2.55. The Morgan fingerprint density at radius 2 is 1.89 bits per heavy atom. The van der Waals surface area contributed by atoms with Gasteiger partial charge in [-0.2, -0.15) is 0 Å². The number of para-hydroxylation sites is 1. The van der Waals surface area contributed by atoms with Gasteiger partial charge in [0.25, 0.3) is 0 Å². The molecule has 2 N–H and O–H groups in total. The summed E-state index contributed by atoms with van der Waals surface area (Å²) in [6, 6.07) is 13.9. The van der Waals surface area contributed by atoms with Crippen LogP contribution in [0.3, 0.4) is 0 Å². The van der Waals surface area contributed by atoms with Gasteiger partial charge in [-0.05, 0) is 23.8 Å². The van der Waals surface area contributed by atoms with Crippen molar-refractivity contribution in [2.24, 2.45) is 5.73 Å². The second kappa shape index (κ2) is 4.61. The van der Waals surface area contributed by atoms with E-state index in [9.17, 15) is 4.79 Å². The van der Waals surface area contributed by atoms with Crippen LogP contribution in [0.15, 0.2) is 53.0 Å². The minimum atomic E-state index is -0.328. The maximum absolute atomic E-state index is 10.7. The van der Waals surface area contributed by atoms with Crippen LogP contribution in [0.1, 0.15) is 12.0 Å². The molecule has 0 saturated carbocycles. The number of amides is 1. The number of rotatable bonds is 3.